The number of hydrogen-bond donors (Lipinski definition) is 0. The Hall–Kier alpha value is -0.440. The maximum Gasteiger partial charge on any atom is 0.235 e. The summed E-state index contributed by atoms with van der Waals surface area (Å²) in [4.78, 5) is 0. The summed E-state index contributed by atoms with van der Waals surface area (Å²) in [6, 6.07) is 0. The van der Waals surface area contributed by atoms with E-state index < -0.39 is 20.0 Å². The Kier molecular flexibility index (Phi) is 4.11. The average Bonchev–Trinajstić information content (AvgIpc) is 2.54. The van der Waals surface area contributed by atoms with Crippen molar-refractivity contribution in [3.8, 4) is 0 Å². The fourth-order valence-electron chi connectivity index (χ4n) is 1.45. The van der Waals surface area contributed by atoms with Crippen molar-refractivity contribution in [2.75, 3.05) is 32.4 Å². The minimum absolute atomic E-state index is 0.146. The van der Waals surface area contributed by atoms with E-state index >= 15 is 0 Å². The molecule has 0 atom stereocenters. The van der Waals surface area contributed by atoms with Crippen LogP contribution in [0.3, 0.4) is 0 Å². The van der Waals surface area contributed by atoms with Gasteiger partial charge in [0, 0.05) is 32.1 Å². The molecule has 94 valence electrons. The van der Waals surface area contributed by atoms with Crippen LogP contribution in [0.1, 0.15) is 6.42 Å². The van der Waals surface area contributed by atoms with E-state index in [1.807, 2.05) is 0 Å². The fraction of sp³-hybridized carbons (Fsp3) is 0.750. The monoisotopic (exact) mass is 268 g/mol. The second kappa shape index (κ2) is 4.82. The summed E-state index contributed by atoms with van der Waals surface area (Å²) in [6.07, 6.45) is 0.611. The van der Waals surface area contributed by atoms with Crippen LogP contribution in [-0.4, -0.2) is 57.9 Å². The Morgan fingerprint density at radius 3 is 2.56 bits per heavy atom. The molecule has 1 rings (SSSR count). The lowest BCUT2D eigenvalue weighted by Crippen LogP contribution is -2.36. The first kappa shape index (κ1) is 13.6. The van der Waals surface area contributed by atoms with Crippen molar-refractivity contribution in [3.05, 3.63) is 12.0 Å². The van der Waals surface area contributed by atoms with Crippen molar-refractivity contribution in [1.82, 2.24) is 8.61 Å². The fourth-order valence-corrected chi connectivity index (χ4v) is 3.56. The maximum atomic E-state index is 11.4. The summed E-state index contributed by atoms with van der Waals surface area (Å²) in [5.41, 5.74) is 0. The SMILES string of the molecule is C=CS(=O)(=O)N(C)CCN1CCCS1(=O)=O. The van der Waals surface area contributed by atoms with E-state index in [1.54, 1.807) is 0 Å². The van der Waals surface area contributed by atoms with E-state index in [9.17, 15) is 16.8 Å². The molecule has 0 aromatic rings. The second-order valence-electron chi connectivity index (χ2n) is 3.60. The summed E-state index contributed by atoms with van der Waals surface area (Å²) in [6.45, 7) is 4.02. The summed E-state index contributed by atoms with van der Waals surface area (Å²) in [5.74, 6) is 0.158. The van der Waals surface area contributed by atoms with Gasteiger partial charge in [0.2, 0.25) is 20.0 Å². The predicted octanol–water partition coefficient (Wildman–Crippen LogP) is -0.573. The van der Waals surface area contributed by atoms with E-state index in [0.29, 0.717) is 13.0 Å². The van der Waals surface area contributed by atoms with E-state index in [-0.39, 0.29) is 18.8 Å². The highest BCUT2D eigenvalue weighted by Crippen LogP contribution is 2.13. The summed E-state index contributed by atoms with van der Waals surface area (Å²) in [5, 5.41) is 0.853. The van der Waals surface area contributed by atoms with Crippen molar-refractivity contribution in [1.29, 1.82) is 0 Å². The normalized spacial score (nSPS) is 21.4. The third-order valence-corrected chi connectivity index (χ3v) is 5.94. The molecule has 1 saturated heterocycles. The number of nitrogens with zero attached hydrogens (tertiary/aromatic N) is 2. The third kappa shape index (κ3) is 3.03. The molecule has 0 spiro atoms. The van der Waals surface area contributed by atoms with E-state index in [2.05, 4.69) is 6.58 Å². The molecule has 0 aromatic heterocycles. The second-order valence-corrected chi connectivity index (χ2v) is 7.68. The van der Waals surface area contributed by atoms with Crippen LogP contribution in [0.15, 0.2) is 12.0 Å². The predicted molar refractivity (Wildman–Crippen MR) is 61.7 cm³/mol. The summed E-state index contributed by atoms with van der Waals surface area (Å²) in [7, 11) is -5.20. The lowest BCUT2D eigenvalue weighted by molar-refractivity contribution is 0.390. The zero-order valence-corrected chi connectivity index (χ0v) is 10.8. The number of likely N-dealkylation sites (N-methyl/N-ethyl adjacent to an activating group) is 1. The Morgan fingerprint density at radius 1 is 1.50 bits per heavy atom. The van der Waals surface area contributed by atoms with Gasteiger partial charge in [-0.25, -0.2) is 25.4 Å². The smallest absolute Gasteiger partial charge is 0.212 e. The molecule has 0 radical (unpaired) electrons. The highest BCUT2D eigenvalue weighted by molar-refractivity contribution is 7.92. The van der Waals surface area contributed by atoms with E-state index in [0.717, 1.165) is 9.71 Å². The van der Waals surface area contributed by atoms with Gasteiger partial charge < -0.3 is 0 Å². The summed E-state index contributed by atoms with van der Waals surface area (Å²) < 4.78 is 47.9. The quantitative estimate of drug-likeness (QED) is 0.669. The van der Waals surface area contributed by atoms with Crippen LogP contribution >= 0.6 is 0 Å². The third-order valence-electron chi connectivity index (χ3n) is 2.51. The molecule has 6 nitrogen and oxygen atoms in total. The molecule has 0 amide bonds. The minimum atomic E-state index is -3.45. The molecule has 1 aliphatic rings. The average molecular weight is 268 g/mol. The molecule has 1 fully saturated rings. The zero-order chi connectivity index (χ0) is 12.4. The van der Waals surface area contributed by atoms with Crippen molar-refractivity contribution >= 4 is 20.0 Å². The van der Waals surface area contributed by atoms with Crippen LogP contribution in [0.4, 0.5) is 0 Å². The Balaban J connectivity index is 2.56. The van der Waals surface area contributed by atoms with Crippen LogP contribution < -0.4 is 0 Å². The van der Waals surface area contributed by atoms with Gasteiger partial charge in [0.05, 0.1) is 5.75 Å². The molecule has 0 bridgehead atoms. The van der Waals surface area contributed by atoms with Gasteiger partial charge in [-0.1, -0.05) is 6.58 Å². The van der Waals surface area contributed by atoms with Crippen LogP contribution in [0, 0.1) is 0 Å². The van der Waals surface area contributed by atoms with Crippen molar-refractivity contribution in [3.63, 3.8) is 0 Å². The van der Waals surface area contributed by atoms with Crippen LogP contribution in [0.2, 0.25) is 0 Å². The van der Waals surface area contributed by atoms with Gasteiger partial charge in [-0.15, -0.1) is 0 Å². The van der Waals surface area contributed by atoms with Gasteiger partial charge in [0.25, 0.3) is 0 Å². The van der Waals surface area contributed by atoms with Crippen LogP contribution in [-0.2, 0) is 20.0 Å². The molecule has 16 heavy (non-hydrogen) atoms. The Bertz CT molecular complexity index is 454. The highest BCUT2D eigenvalue weighted by Gasteiger charge is 2.28. The maximum absolute atomic E-state index is 11.4. The van der Waals surface area contributed by atoms with E-state index in [4.69, 9.17) is 0 Å². The first-order chi connectivity index (χ1) is 7.29. The molecule has 0 N–H and O–H groups in total. The Morgan fingerprint density at radius 2 is 2.12 bits per heavy atom. The number of rotatable bonds is 5. The zero-order valence-electron chi connectivity index (χ0n) is 9.16. The molecule has 0 unspecified atom stereocenters. The number of hydrogen-bond acceptors (Lipinski definition) is 4. The standard InChI is InChI=1S/C8H16N2O4S2/c1-3-15(11,12)9(2)6-7-10-5-4-8-16(10,13)14/h3H,1,4-8H2,2H3. The van der Waals surface area contributed by atoms with E-state index in [1.165, 1.54) is 11.4 Å². The molecule has 8 heteroatoms. The lowest BCUT2D eigenvalue weighted by Gasteiger charge is -2.19. The largest absolute Gasteiger partial charge is 0.235 e. The molecular weight excluding hydrogens is 252 g/mol. The van der Waals surface area contributed by atoms with Crippen molar-refractivity contribution in [2.24, 2.45) is 0 Å². The van der Waals surface area contributed by atoms with Gasteiger partial charge in [-0.3, -0.25) is 0 Å². The molecule has 1 heterocycles. The van der Waals surface area contributed by atoms with Gasteiger partial charge in [0.15, 0.2) is 0 Å². The van der Waals surface area contributed by atoms with Crippen molar-refractivity contribution < 1.29 is 16.8 Å². The van der Waals surface area contributed by atoms with Gasteiger partial charge >= 0.3 is 0 Å². The highest BCUT2D eigenvalue weighted by atomic mass is 32.2. The topological polar surface area (TPSA) is 74.8 Å². The van der Waals surface area contributed by atoms with Gasteiger partial charge in [-0.2, -0.15) is 0 Å². The van der Waals surface area contributed by atoms with Crippen LogP contribution in [0.25, 0.3) is 0 Å². The van der Waals surface area contributed by atoms with Crippen molar-refractivity contribution in [2.45, 2.75) is 6.42 Å². The van der Waals surface area contributed by atoms with Crippen LogP contribution in [0.5, 0.6) is 0 Å². The molecule has 0 aromatic carbocycles. The van der Waals surface area contributed by atoms with Gasteiger partial charge in [0.1, 0.15) is 0 Å². The van der Waals surface area contributed by atoms with Gasteiger partial charge in [-0.05, 0) is 6.42 Å². The number of sulfonamides is 2. The molecule has 1 aliphatic heterocycles. The molecule has 0 saturated carbocycles. The molecular formula is C8H16N2O4S2. The first-order valence-corrected chi connectivity index (χ1v) is 7.97. The first-order valence-electron chi connectivity index (χ1n) is 4.86. The lowest BCUT2D eigenvalue weighted by atomic mass is 10.5. The minimum Gasteiger partial charge on any atom is -0.212 e. The molecule has 0 aliphatic carbocycles. The summed E-state index contributed by atoms with van der Waals surface area (Å²) >= 11 is 0. The Labute approximate surface area is 96.6 Å².